The van der Waals surface area contributed by atoms with Crippen molar-refractivity contribution < 1.29 is 48.3 Å². The molecule has 5 atom stereocenters. The average Bonchev–Trinajstić information content (AvgIpc) is 2.96. The van der Waals surface area contributed by atoms with Gasteiger partial charge in [-0.05, 0) is 49.5 Å². The Bertz CT molecular complexity index is 1820. The van der Waals surface area contributed by atoms with E-state index in [0.29, 0.717) is 6.54 Å². The fourth-order valence-electron chi connectivity index (χ4n) is 6.08. The van der Waals surface area contributed by atoms with Gasteiger partial charge in [-0.15, -0.1) is 0 Å². The maximum Gasteiger partial charge on any atom is 0.255 e. The molecule has 3 aliphatic rings. The van der Waals surface area contributed by atoms with Crippen LogP contribution in [-0.4, -0.2) is 88.2 Å². The lowest BCUT2D eigenvalue weighted by atomic mass is 9.55. The van der Waals surface area contributed by atoms with E-state index in [2.05, 4.69) is 6.58 Å². The van der Waals surface area contributed by atoms with Gasteiger partial charge in [0, 0.05) is 23.0 Å². The molecular weight excluding hydrogens is 632 g/mol. The zero-order valence-electron chi connectivity index (χ0n) is 23.9. The van der Waals surface area contributed by atoms with Crippen molar-refractivity contribution in [1.29, 1.82) is 0 Å². The molecule has 0 aliphatic heterocycles. The number of halogens is 1. The first-order valence-corrected chi connectivity index (χ1v) is 15.1. The highest BCUT2D eigenvalue weighted by molar-refractivity contribution is 7.89. The number of phenols is 1. The summed E-state index contributed by atoms with van der Waals surface area (Å²) in [6.45, 7) is 4.28. The molecule has 0 saturated heterocycles. The second kappa shape index (κ2) is 11.7. The highest BCUT2D eigenvalue weighted by Gasteiger charge is 2.68. The summed E-state index contributed by atoms with van der Waals surface area (Å²) in [6.07, 6.45) is -1.75. The highest BCUT2D eigenvalue weighted by Crippen LogP contribution is 2.56. The molecule has 11 N–H and O–H groups in total. The molecule has 0 heterocycles. The normalized spacial score (nSPS) is 26.2. The van der Waals surface area contributed by atoms with Crippen LogP contribution in [0.15, 0.2) is 64.8 Å². The summed E-state index contributed by atoms with van der Waals surface area (Å²) >= 11 is 6.25. The second-order valence-electron chi connectivity index (χ2n) is 10.9. The third-order valence-corrected chi connectivity index (χ3v) is 9.40. The molecule has 1 fully saturated rings. The fourth-order valence-corrected chi connectivity index (χ4v) is 6.87. The minimum absolute atomic E-state index is 0.0516. The van der Waals surface area contributed by atoms with E-state index in [-0.39, 0.29) is 26.6 Å². The average molecular weight is 663 g/mol. The van der Waals surface area contributed by atoms with Gasteiger partial charge in [-0.2, -0.15) is 0 Å². The number of phenolic OH excluding ortho intramolecular Hbond substituents is 1. The van der Waals surface area contributed by atoms with Crippen LogP contribution in [0.1, 0.15) is 16.7 Å². The van der Waals surface area contributed by atoms with Crippen molar-refractivity contribution in [3.8, 4) is 5.75 Å². The quantitative estimate of drug-likeness (QED) is 0.199. The summed E-state index contributed by atoms with van der Waals surface area (Å²) in [5.41, 5.74) is 6.84. The molecule has 2 aromatic rings. The molecule has 45 heavy (non-hydrogen) atoms. The smallest absolute Gasteiger partial charge is 0.255 e. The molecule has 5 rings (SSSR count). The topological polar surface area (TPSA) is 268 Å². The number of fused-ring (bicyclic) bond motifs is 3. The summed E-state index contributed by atoms with van der Waals surface area (Å²) in [5, 5.41) is 59.9. The molecule has 2 aromatic carbocycles. The van der Waals surface area contributed by atoms with Gasteiger partial charge in [0.05, 0.1) is 34.1 Å². The monoisotopic (exact) mass is 662 g/mol. The van der Waals surface area contributed by atoms with Crippen molar-refractivity contribution in [2.24, 2.45) is 28.4 Å². The molecule has 1 amide bonds. The van der Waals surface area contributed by atoms with Gasteiger partial charge in [0.15, 0.2) is 11.4 Å². The van der Waals surface area contributed by atoms with Gasteiger partial charge in [0.2, 0.25) is 15.8 Å². The number of nitrogens with zero attached hydrogens (tertiary/aromatic N) is 1. The number of amides is 1. The lowest BCUT2D eigenvalue weighted by Gasteiger charge is -2.52. The first-order chi connectivity index (χ1) is 20.8. The number of aliphatic hydroxyl groups is 4. The zero-order valence-corrected chi connectivity index (χ0v) is 25.5. The van der Waals surface area contributed by atoms with Gasteiger partial charge in [-0.1, -0.05) is 30.3 Å². The first-order valence-electron chi connectivity index (χ1n) is 13.2. The molecular formula is C29H31ClN4O10S. The number of benzene rings is 2. The number of likely N-dealkylation sites (N-methyl/N-ethyl adjacent to an activating group) is 1. The van der Waals surface area contributed by atoms with E-state index >= 15 is 0 Å². The Morgan fingerprint density at radius 3 is 2.13 bits per heavy atom. The van der Waals surface area contributed by atoms with E-state index in [1.165, 1.54) is 43.3 Å². The van der Waals surface area contributed by atoms with Crippen molar-refractivity contribution in [2.45, 2.75) is 29.2 Å². The number of ketones is 2. The molecule has 0 spiro atoms. The Morgan fingerprint density at radius 2 is 1.64 bits per heavy atom. The molecule has 0 bridgehead atoms. The predicted octanol–water partition coefficient (Wildman–Crippen LogP) is -0.148. The van der Waals surface area contributed by atoms with Gasteiger partial charge < -0.3 is 37.0 Å². The number of aromatic hydroxyl groups is 1. The second-order valence-corrected chi connectivity index (χ2v) is 12.9. The number of primary sulfonamides is 1. The van der Waals surface area contributed by atoms with Gasteiger partial charge >= 0.3 is 0 Å². The highest BCUT2D eigenvalue weighted by atomic mass is 35.5. The maximum atomic E-state index is 13.7. The largest absolute Gasteiger partial charge is 0.508 e. The molecule has 0 unspecified atom stereocenters. The molecule has 14 nitrogen and oxygen atoms in total. The standard InChI is InChI=1S/C22H21ClN2O8.C7H10N2O2S/c1-6-9-7(23)4-5-8(26)11(9)16(27)12-10(6)17(28)14-15(25(2)3)18(29)13(21(24)32)20(31)22(14,33)19(12)30;8-5-6-1-3-7(4-2-6)12(9,10)11/h4-5,10,14-15,17,26-28,31,33H,1H2,2-3H3,(H2,24,32);1-4H,5,8H2,(H2,9,10,11)/t10-,14-,15+,17+,22+;/m1./s1. The van der Waals surface area contributed by atoms with Crippen LogP contribution in [0.3, 0.4) is 0 Å². The Labute approximate surface area is 262 Å². The fraction of sp³-hybridized carbons (Fsp3) is 0.276. The molecule has 1 saturated carbocycles. The Hall–Kier alpha value is -4.09. The zero-order chi connectivity index (χ0) is 33.9. The molecule has 0 aromatic heterocycles. The van der Waals surface area contributed by atoms with Crippen LogP contribution in [0.5, 0.6) is 5.75 Å². The molecule has 240 valence electrons. The van der Waals surface area contributed by atoms with Crippen LogP contribution in [-0.2, 0) is 31.0 Å². The summed E-state index contributed by atoms with van der Waals surface area (Å²) in [7, 11) is -0.728. The van der Waals surface area contributed by atoms with Crippen LogP contribution in [0, 0.1) is 11.8 Å². The third-order valence-electron chi connectivity index (χ3n) is 8.16. The Kier molecular flexibility index (Phi) is 8.78. The number of hydrogen-bond donors (Lipinski definition) is 8. The van der Waals surface area contributed by atoms with Gasteiger partial charge in [0.1, 0.15) is 22.8 Å². The number of carbonyl (C=O) groups excluding carboxylic acids is 3. The number of hydrogen-bond acceptors (Lipinski definition) is 12. The number of carbonyl (C=O) groups is 3. The number of nitrogens with two attached hydrogens (primary N) is 3. The van der Waals surface area contributed by atoms with E-state index in [1.807, 2.05) is 0 Å². The van der Waals surface area contributed by atoms with Crippen molar-refractivity contribution in [2.75, 3.05) is 14.1 Å². The van der Waals surface area contributed by atoms with E-state index in [4.69, 9.17) is 28.2 Å². The lowest BCUT2D eigenvalue weighted by Crippen LogP contribution is -2.70. The SMILES string of the molecule is C=C1c2c(Cl)ccc(O)c2C(O)=C2C(=O)[C@]3(O)C(O)=C(C(N)=O)C(=O)[C@@H](N(C)C)[C@@H]3[C@@H](O)[C@H]12.NCc1ccc(S(N)(=O)=O)cc1. The van der Waals surface area contributed by atoms with E-state index in [1.54, 1.807) is 12.1 Å². The van der Waals surface area contributed by atoms with Crippen LogP contribution in [0.2, 0.25) is 5.02 Å². The number of sulfonamides is 1. The summed E-state index contributed by atoms with van der Waals surface area (Å²) in [5.74, 6) is -9.18. The molecule has 0 radical (unpaired) electrons. The number of rotatable bonds is 4. The van der Waals surface area contributed by atoms with Crippen molar-refractivity contribution in [1.82, 2.24) is 4.90 Å². The van der Waals surface area contributed by atoms with Crippen LogP contribution in [0.25, 0.3) is 11.3 Å². The summed E-state index contributed by atoms with van der Waals surface area (Å²) in [6, 6.07) is 7.24. The number of aliphatic hydroxyl groups excluding tert-OH is 3. The van der Waals surface area contributed by atoms with Crippen LogP contribution in [0.4, 0.5) is 0 Å². The first kappa shape index (κ1) is 33.8. The molecule has 16 heteroatoms. The third kappa shape index (κ3) is 5.21. The number of primary amides is 1. The van der Waals surface area contributed by atoms with Gasteiger partial charge in [0.25, 0.3) is 5.91 Å². The minimum Gasteiger partial charge on any atom is -0.508 e. The van der Waals surface area contributed by atoms with Gasteiger partial charge in [-0.25, -0.2) is 13.6 Å². The molecule has 3 aliphatic carbocycles. The van der Waals surface area contributed by atoms with Crippen molar-refractivity contribution >= 4 is 50.4 Å². The minimum atomic E-state index is -3.57. The maximum absolute atomic E-state index is 13.7. The van der Waals surface area contributed by atoms with Gasteiger partial charge in [-0.3, -0.25) is 19.3 Å². The predicted molar refractivity (Wildman–Crippen MR) is 162 cm³/mol. The summed E-state index contributed by atoms with van der Waals surface area (Å²) in [4.78, 5) is 40.0. The van der Waals surface area contributed by atoms with E-state index < -0.39 is 85.5 Å². The Balaban J connectivity index is 0.000000323. The summed E-state index contributed by atoms with van der Waals surface area (Å²) < 4.78 is 21.6. The Morgan fingerprint density at radius 1 is 1.07 bits per heavy atom. The van der Waals surface area contributed by atoms with Crippen LogP contribution >= 0.6 is 11.6 Å². The van der Waals surface area contributed by atoms with Crippen molar-refractivity contribution in [3.05, 3.63) is 81.6 Å². The van der Waals surface area contributed by atoms with E-state index in [9.17, 15) is 48.3 Å². The van der Waals surface area contributed by atoms with Crippen LogP contribution < -0.4 is 16.6 Å². The van der Waals surface area contributed by atoms with E-state index in [0.717, 1.165) is 5.56 Å². The van der Waals surface area contributed by atoms with Crippen molar-refractivity contribution in [3.63, 3.8) is 0 Å². The number of Topliss-reactive ketones (excluding diaryl/α,β-unsaturated/α-hetero) is 2. The lowest BCUT2D eigenvalue weighted by molar-refractivity contribution is -0.166.